The zero-order valence-electron chi connectivity index (χ0n) is 11.4. The topological polar surface area (TPSA) is 70.6 Å². The summed E-state index contributed by atoms with van der Waals surface area (Å²) >= 11 is 5.70. The van der Waals surface area contributed by atoms with Crippen LogP contribution >= 0.6 is 11.6 Å². The SMILES string of the molecule is CC(CCO)CNC(=O)Nc1ccc(Cl)c(OC(F)F)c1. The first-order valence-electron chi connectivity index (χ1n) is 6.32. The van der Waals surface area contributed by atoms with Crippen LogP contribution in [0.5, 0.6) is 5.75 Å². The van der Waals surface area contributed by atoms with E-state index >= 15 is 0 Å². The lowest BCUT2D eigenvalue weighted by molar-refractivity contribution is -0.0497. The number of ether oxygens (including phenoxy) is 1. The van der Waals surface area contributed by atoms with E-state index in [-0.39, 0.29) is 29.0 Å². The molecule has 0 aromatic heterocycles. The molecule has 0 heterocycles. The van der Waals surface area contributed by atoms with Crippen molar-refractivity contribution in [1.82, 2.24) is 5.32 Å². The van der Waals surface area contributed by atoms with Gasteiger partial charge in [-0.2, -0.15) is 8.78 Å². The van der Waals surface area contributed by atoms with Crippen LogP contribution in [-0.2, 0) is 0 Å². The van der Waals surface area contributed by atoms with Gasteiger partial charge in [0.1, 0.15) is 5.75 Å². The molecule has 21 heavy (non-hydrogen) atoms. The fourth-order valence-corrected chi connectivity index (χ4v) is 1.69. The summed E-state index contributed by atoms with van der Waals surface area (Å²) in [7, 11) is 0. The second kappa shape index (κ2) is 8.63. The van der Waals surface area contributed by atoms with E-state index in [2.05, 4.69) is 15.4 Å². The zero-order valence-corrected chi connectivity index (χ0v) is 12.2. The summed E-state index contributed by atoms with van der Waals surface area (Å²) in [6.07, 6.45) is 0.577. The molecule has 0 radical (unpaired) electrons. The number of rotatable bonds is 7. The van der Waals surface area contributed by atoms with E-state index < -0.39 is 12.6 Å². The highest BCUT2D eigenvalue weighted by Gasteiger charge is 2.11. The molecule has 118 valence electrons. The first kappa shape index (κ1) is 17.5. The fraction of sp³-hybridized carbons (Fsp3) is 0.462. The van der Waals surface area contributed by atoms with Crippen LogP contribution in [0.3, 0.4) is 0 Å². The van der Waals surface area contributed by atoms with E-state index in [1.807, 2.05) is 6.92 Å². The van der Waals surface area contributed by atoms with Gasteiger partial charge >= 0.3 is 12.6 Å². The third-order valence-corrected chi connectivity index (χ3v) is 2.95. The molecule has 1 rings (SSSR count). The molecule has 1 aromatic rings. The van der Waals surface area contributed by atoms with Gasteiger partial charge in [-0.05, 0) is 24.5 Å². The molecule has 0 aliphatic carbocycles. The van der Waals surface area contributed by atoms with E-state index in [1.165, 1.54) is 18.2 Å². The lowest BCUT2D eigenvalue weighted by Crippen LogP contribution is -2.32. The van der Waals surface area contributed by atoms with Gasteiger partial charge in [0.25, 0.3) is 0 Å². The predicted octanol–water partition coefficient (Wildman–Crippen LogP) is 3.08. The van der Waals surface area contributed by atoms with Crippen molar-refractivity contribution in [3.8, 4) is 5.75 Å². The molecule has 8 heteroatoms. The number of aliphatic hydroxyl groups excluding tert-OH is 1. The number of alkyl halides is 2. The van der Waals surface area contributed by atoms with Crippen LogP contribution in [0.1, 0.15) is 13.3 Å². The van der Waals surface area contributed by atoms with E-state index in [4.69, 9.17) is 16.7 Å². The Morgan fingerprint density at radius 2 is 2.19 bits per heavy atom. The van der Waals surface area contributed by atoms with Gasteiger partial charge in [-0.1, -0.05) is 18.5 Å². The molecule has 0 fully saturated rings. The van der Waals surface area contributed by atoms with Crippen LogP contribution < -0.4 is 15.4 Å². The number of benzene rings is 1. The molecule has 1 unspecified atom stereocenters. The second-order valence-electron chi connectivity index (χ2n) is 4.48. The Balaban J connectivity index is 2.56. The van der Waals surface area contributed by atoms with Crippen LogP contribution in [0, 0.1) is 5.92 Å². The van der Waals surface area contributed by atoms with Gasteiger partial charge in [-0.15, -0.1) is 0 Å². The van der Waals surface area contributed by atoms with E-state index in [0.29, 0.717) is 13.0 Å². The number of nitrogens with one attached hydrogen (secondary N) is 2. The van der Waals surface area contributed by atoms with E-state index in [0.717, 1.165) is 0 Å². The number of hydrogen-bond donors (Lipinski definition) is 3. The number of halogens is 3. The van der Waals surface area contributed by atoms with Gasteiger partial charge in [0, 0.05) is 24.9 Å². The highest BCUT2D eigenvalue weighted by Crippen LogP contribution is 2.29. The molecule has 0 saturated carbocycles. The quantitative estimate of drug-likeness (QED) is 0.722. The summed E-state index contributed by atoms with van der Waals surface area (Å²) in [5.74, 6) is -0.0817. The zero-order chi connectivity index (χ0) is 15.8. The molecule has 1 aromatic carbocycles. The van der Waals surface area contributed by atoms with Crippen molar-refractivity contribution >= 4 is 23.3 Å². The largest absolute Gasteiger partial charge is 0.433 e. The lowest BCUT2D eigenvalue weighted by atomic mass is 10.1. The number of aliphatic hydroxyl groups is 1. The highest BCUT2D eigenvalue weighted by atomic mass is 35.5. The molecule has 1 atom stereocenters. The number of hydrogen-bond acceptors (Lipinski definition) is 3. The average molecular weight is 323 g/mol. The Morgan fingerprint density at radius 3 is 2.81 bits per heavy atom. The Kier molecular flexibility index (Phi) is 7.18. The maximum atomic E-state index is 12.2. The van der Waals surface area contributed by atoms with Gasteiger partial charge in [0.15, 0.2) is 0 Å². The molecule has 0 aliphatic rings. The van der Waals surface area contributed by atoms with Crippen molar-refractivity contribution in [1.29, 1.82) is 0 Å². The Morgan fingerprint density at radius 1 is 1.48 bits per heavy atom. The Hall–Kier alpha value is -1.60. The predicted molar refractivity (Wildman–Crippen MR) is 76.0 cm³/mol. The van der Waals surface area contributed by atoms with Crippen molar-refractivity contribution in [2.75, 3.05) is 18.5 Å². The Labute approximate surface area is 126 Å². The summed E-state index contributed by atoms with van der Waals surface area (Å²) < 4.78 is 28.6. The number of carbonyl (C=O) groups excluding carboxylic acids is 1. The van der Waals surface area contributed by atoms with E-state index in [9.17, 15) is 13.6 Å². The minimum absolute atomic E-state index is 0.0258. The van der Waals surface area contributed by atoms with Crippen molar-refractivity contribution in [2.45, 2.75) is 20.0 Å². The molecule has 0 spiro atoms. The smallest absolute Gasteiger partial charge is 0.387 e. The third-order valence-electron chi connectivity index (χ3n) is 2.64. The standard InChI is InChI=1S/C13H17ClF2N2O3/c1-8(4-5-19)7-17-13(20)18-9-2-3-10(14)11(6-9)21-12(15)16/h2-3,6,8,12,19H,4-5,7H2,1H3,(H2,17,18,20). The highest BCUT2D eigenvalue weighted by molar-refractivity contribution is 6.32. The first-order valence-corrected chi connectivity index (χ1v) is 6.70. The van der Waals surface area contributed by atoms with Crippen LogP contribution in [0.4, 0.5) is 19.3 Å². The van der Waals surface area contributed by atoms with Crippen molar-refractivity contribution in [3.05, 3.63) is 23.2 Å². The Bertz CT molecular complexity index is 475. The van der Waals surface area contributed by atoms with Crippen LogP contribution in [0.15, 0.2) is 18.2 Å². The minimum Gasteiger partial charge on any atom is -0.433 e. The lowest BCUT2D eigenvalue weighted by Gasteiger charge is -2.13. The summed E-state index contributed by atoms with van der Waals surface area (Å²) in [5, 5.41) is 13.9. The average Bonchev–Trinajstić information content (AvgIpc) is 2.40. The maximum absolute atomic E-state index is 12.2. The normalized spacial score (nSPS) is 12.1. The van der Waals surface area contributed by atoms with Crippen LogP contribution in [-0.4, -0.2) is 30.9 Å². The van der Waals surface area contributed by atoms with E-state index in [1.54, 1.807) is 0 Å². The van der Waals surface area contributed by atoms with Gasteiger partial charge < -0.3 is 20.5 Å². The molecule has 3 N–H and O–H groups in total. The van der Waals surface area contributed by atoms with Crippen LogP contribution in [0.25, 0.3) is 0 Å². The van der Waals surface area contributed by atoms with Gasteiger partial charge in [-0.3, -0.25) is 0 Å². The molecular formula is C13H17ClF2N2O3. The monoisotopic (exact) mass is 322 g/mol. The number of urea groups is 1. The summed E-state index contributed by atoms with van der Waals surface area (Å²) in [5.41, 5.74) is 0.280. The van der Waals surface area contributed by atoms with Crippen molar-refractivity contribution in [2.24, 2.45) is 5.92 Å². The van der Waals surface area contributed by atoms with Crippen LogP contribution in [0.2, 0.25) is 5.02 Å². The summed E-state index contributed by atoms with van der Waals surface area (Å²) in [6, 6.07) is 3.55. The summed E-state index contributed by atoms with van der Waals surface area (Å²) in [6.45, 7) is -0.671. The number of amides is 2. The third kappa shape index (κ3) is 6.59. The molecule has 2 amide bonds. The molecule has 5 nitrogen and oxygen atoms in total. The van der Waals surface area contributed by atoms with Gasteiger partial charge in [-0.25, -0.2) is 4.79 Å². The van der Waals surface area contributed by atoms with Gasteiger partial charge in [0.2, 0.25) is 0 Å². The molecule has 0 aliphatic heterocycles. The van der Waals surface area contributed by atoms with Gasteiger partial charge in [0.05, 0.1) is 5.02 Å². The molecule has 0 bridgehead atoms. The number of carbonyl (C=O) groups is 1. The van der Waals surface area contributed by atoms with Crippen molar-refractivity contribution < 1.29 is 23.4 Å². The first-order chi connectivity index (χ1) is 9.92. The fourth-order valence-electron chi connectivity index (χ4n) is 1.53. The molecule has 0 saturated heterocycles. The van der Waals surface area contributed by atoms with Crippen molar-refractivity contribution in [3.63, 3.8) is 0 Å². The number of anilines is 1. The molecular weight excluding hydrogens is 306 g/mol. The minimum atomic E-state index is -2.99. The second-order valence-corrected chi connectivity index (χ2v) is 4.88. The summed E-state index contributed by atoms with van der Waals surface area (Å²) in [4.78, 5) is 11.6. The maximum Gasteiger partial charge on any atom is 0.387 e.